The Kier molecular flexibility index (Phi) is 5.59. The molecule has 0 bridgehead atoms. The molecule has 2 heterocycles. The van der Waals surface area contributed by atoms with Gasteiger partial charge in [-0.3, -0.25) is 9.69 Å². The number of methoxy groups -OCH3 is 1. The molecule has 3 atom stereocenters. The van der Waals surface area contributed by atoms with Crippen molar-refractivity contribution in [2.75, 3.05) is 26.8 Å². The number of fused-ring (bicyclic) bond motifs is 1. The molecule has 2 saturated heterocycles. The SMILES string of the molecule is COc1ccc(CC(=O)N[C@H]2C[C@H]3CO[C@@H](c4ccccc4)CN3C2)cc1F. The molecule has 0 aromatic heterocycles. The van der Waals surface area contributed by atoms with E-state index in [0.29, 0.717) is 18.2 Å². The summed E-state index contributed by atoms with van der Waals surface area (Å²) < 4.78 is 24.8. The minimum Gasteiger partial charge on any atom is -0.494 e. The Balaban J connectivity index is 1.31. The summed E-state index contributed by atoms with van der Waals surface area (Å²) in [4.78, 5) is 14.8. The maximum atomic E-state index is 13.8. The third kappa shape index (κ3) is 4.18. The zero-order chi connectivity index (χ0) is 19.5. The summed E-state index contributed by atoms with van der Waals surface area (Å²) in [6.45, 7) is 2.33. The van der Waals surface area contributed by atoms with E-state index in [2.05, 4.69) is 22.3 Å². The number of hydrogen-bond acceptors (Lipinski definition) is 4. The molecule has 2 aliphatic heterocycles. The summed E-state index contributed by atoms with van der Waals surface area (Å²) >= 11 is 0. The normalized spacial score (nSPS) is 24.6. The van der Waals surface area contributed by atoms with Crippen molar-refractivity contribution in [1.29, 1.82) is 0 Å². The molecule has 0 saturated carbocycles. The van der Waals surface area contributed by atoms with Crippen LogP contribution in [0.15, 0.2) is 48.5 Å². The molecular weight excluding hydrogens is 359 g/mol. The second kappa shape index (κ2) is 8.29. The molecule has 0 radical (unpaired) electrons. The van der Waals surface area contributed by atoms with Gasteiger partial charge in [0.1, 0.15) is 0 Å². The van der Waals surface area contributed by atoms with Crippen molar-refractivity contribution in [3.63, 3.8) is 0 Å². The van der Waals surface area contributed by atoms with Crippen LogP contribution in [-0.2, 0) is 16.0 Å². The van der Waals surface area contributed by atoms with Gasteiger partial charge < -0.3 is 14.8 Å². The molecule has 0 aliphatic carbocycles. The largest absolute Gasteiger partial charge is 0.494 e. The summed E-state index contributed by atoms with van der Waals surface area (Å²) in [6, 6.07) is 15.3. The van der Waals surface area contributed by atoms with E-state index in [9.17, 15) is 9.18 Å². The fraction of sp³-hybridized carbons (Fsp3) is 0.409. The fourth-order valence-corrected chi connectivity index (χ4v) is 4.13. The topological polar surface area (TPSA) is 50.8 Å². The average Bonchev–Trinajstić information content (AvgIpc) is 3.10. The molecule has 4 rings (SSSR count). The second-order valence-electron chi connectivity index (χ2n) is 7.49. The van der Waals surface area contributed by atoms with E-state index >= 15 is 0 Å². The van der Waals surface area contributed by atoms with E-state index in [1.54, 1.807) is 12.1 Å². The molecule has 1 amide bonds. The lowest BCUT2D eigenvalue weighted by Gasteiger charge is -2.35. The fourth-order valence-electron chi connectivity index (χ4n) is 4.13. The molecule has 0 spiro atoms. The molecule has 6 heteroatoms. The number of ether oxygens (including phenoxy) is 2. The highest BCUT2D eigenvalue weighted by molar-refractivity contribution is 5.79. The molecule has 0 unspecified atom stereocenters. The third-order valence-corrected chi connectivity index (χ3v) is 5.54. The standard InChI is InChI=1S/C22H25FN2O3/c1-27-20-8-7-15(9-19(20)23)10-22(26)24-17-11-18-14-28-21(13-25(18)12-17)16-5-3-2-4-6-16/h2-9,17-18,21H,10-14H2,1H3,(H,24,26)/t17-,18-,21+/m0/s1. The van der Waals surface area contributed by atoms with Gasteiger partial charge in [0.05, 0.1) is 26.2 Å². The highest BCUT2D eigenvalue weighted by Gasteiger charge is 2.38. The van der Waals surface area contributed by atoms with E-state index in [4.69, 9.17) is 9.47 Å². The lowest BCUT2D eigenvalue weighted by molar-refractivity contribution is -0.121. The van der Waals surface area contributed by atoms with Crippen molar-refractivity contribution in [3.8, 4) is 5.75 Å². The number of nitrogens with zero attached hydrogens (tertiary/aromatic N) is 1. The van der Waals surface area contributed by atoms with Gasteiger partial charge in [-0.1, -0.05) is 36.4 Å². The molecule has 5 nitrogen and oxygen atoms in total. The van der Waals surface area contributed by atoms with E-state index in [1.165, 1.54) is 18.7 Å². The lowest BCUT2D eigenvalue weighted by Crippen LogP contribution is -2.43. The van der Waals surface area contributed by atoms with Gasteiger partial charge >= 0.3 is 0 Å². The molecule has 1 N–H and O–H groups in total. The number of carbonyl (C=O) groups is 1. The maximum Gasteiger partial charge on any atom is 0.224 e. The Morgan fingerprint density at radius 1 is 1.25 bits per heavy atom. The molecule has 28 heavy (non-hydrogen) atoms. The minimum atomic E-state index is -0.449. The van der Waals surface area contributed by atoms with Crippen molar-refractivity contribution < 1.29 is 18.7 Å². The van der Waals surface area contributed by atoms with Gasteiger partial charge in [-0.05, 0) is 29.7 Å². The lowest BCUT2D eigenvalue weighted by atomic mass is 10.1. The van der Waals surface area contributed by atoms with Gasteiger partial charge in [0.25, 0.3) is 0 Å². The van der Waals surface area contributed by atoms with Crippen LogP contribution < -0.4 is 10.1 Å². The third-order valence-electron chi connectivity index (χ3n) is 5.54. The second-order valence-corrected chi connectivity index (χ2v) is 7.49. The summed E-state index contributed by atoms with van der Waals surface area (Å²) in [6.07, 6.45) is 1.12. The van der Waals surface area contributed by atoms with Gasteiger partial charge in [-0.15, -0.1) is 0 Å². The maximum absolute atomic E-state index is 13.8. The number of benzene rings is 2. The van der Waals surface area contributed by atoms with Crippen LogP contribution in [0.25, 0.3) is 0 Å². The molecule has 148 valence electrons. The molecular formula is C22H25FN2O3. The number of amides is 1. The summed E-state index contributed by atoms with van der Waals surface area (Å²) in [5, 5.41) is 3.10. The van der Waals surface area contributed by atoms with Crippen LogP contribution in [0, 0.1) is 5.82 Å². The van der Waals surface area contributed by atoms with Crippen LogP contribution in [0.5, 0.6) is 5.75 Å². The quantitative estimate of drug-likeness (QED) is 0.861. The predicted molar refractivity (Wildman–Crippen MR) is 104 cm³/mol. The zero-order valence-corrected chi connectivity index (χ0v) is 15.9. The van der Waals surface area contributed by atoms with Crippen LogP contribution in [0.1, 0.15) is 23.7 Å². The first-order valence-corrected chi connectivity index (χ1v) is 9.64. The molecule has 2 aromatic carbocycles. The smallest absolute Gasteiger partial charge is 0.224 e. The monoisotopic (exact) mass is 384 g/mol. The highest BCUT2D eigenvalue weighted by Crippen LogP contribution is 2.30. The number of rotatable bonds is 5. The van der Waals surface area contributed by atoms with Crippen molar-refractivity contribution in [2.45, 2.75) is 31.0 Å². The van der Waals surface area contributed by atoms with Crippen LogP contribution >= 0.6 is 0 Å². The number of halogens is 1. The average molecular weight is 384 g/mol. The first-order valence-electron chi connectivity index (χ1n) is 9.64. The van der Waals surface area contributed by atoms with Crippen molar-refractivity contribution >= 4 is 5.91 Å². The van der Waals surface area contributed by atoms with Crippen LogP contribution in [0.2, 0.25) is 0 Å². The van der Waals surface area contributed by atoms with Gasteiger partial charge in [0.2, 0.25) is 5.91 Å². The van der Waals surface area contributed by atoms with Gasteiger partial charge in [-0.2, -0.15) is 0 Å². The minimum absolute atomic E-state index is 0.0779. The predicted octanol–water partition coefficient (Wildman–Crippen LogP) is 2.71. The first-order chi connectivity index (χ1) is 13.6. The van der Waals surface area contributed by atoms with Crippen molar-refractivity contribution in [2.24, 2.45) is 0 Å². The Morgan fingerprint density at radius 3 is 2.82 bits per heavy atom. The Hall–Kier alpha value is -2.44. The summed E-state index contributed by atoms with van der Waals surface area (Å²) in [5.41, 5.74) is 1.83. The number of carbonyl (C=O) groups excluding carboxylic acids is 1. The van der Waals surface area contributed by atoms with E-state index in [-0.39, 0.29) is 30.2 Å². The van der Waals surface area contributed by atoms with Crippen LogP contribution in [-0.4, -0.2) is 49.7 Å². The first kappa shape index (κ1) is 18.9. The van der Waals surface area contributed by atoms with Crippen molar-refractivity contribution in [1.82, 2.24) is 10.2 Å². The van der Waals surface area contributed by atoms with Gasteiger partial charge in [-0.25, -0.2) is 4.39 Å². The molecule has 2 aliphatic rings. The van der Waals surface area contributed by atoms with Crippen LogP contribution in [0.3, 0.4) is 0 Å². The van der Waals surface area contributed by atoms with Crippen molar-refractivity contribution in [3.05, 3.63) is 65.5 Å². The Labute approximate surface area is 164 Å². The van der Waals surface area contributed by atoms with Crippen LogP contribution in [0.4, 0.5) is 4.39 Å². The summed E-state index contributed by atoms with van der Waals surface area (Å²) in [5.74, 6) is -0.352. The Morgan fingerprint density at radius 2 is 2.07 bits per heavy atom. The summed E-state index contributed by atoms with van der Waals surface area (Å²) in [7, 11) is 1.42. The van der Waals surface area contributed by atoms with Gasteiger partial charge in [0, 0.05) is 25.2 Å². The molecule has 2 fully saturated rings. The number of hydrogen-bond donors (Lipinski definition) is 1. The van der Waals surface area contributed by atoms with E-state index in [0.717, 1.165) is 19.5 Å². The molecule has 2 aromatic rings. The highest BCUT2D eigenvalue weighted by atomic mass is 19.1. The number of morpholine rings is 1. The van der Waals surface area contributed by atoms with E-state index < -0.39 is 5.82 Å². The van der Waals surface area contributed by atoms with E-state index in [1.807, 2.05) is 18.2 Å². The zero-order valence-electron chi connectivity index (χ0n) is 15.9. The number of nitrogens with one attached hydrogen (secondary N) is 1. The van der Waals surface area contributed by atoms with Gasteiger partial charge in [0.15, 0.2) is 11.6 Å². The Bertz CT molecular complexity index is 830.